The van der Waals surface area contributed by atoms with E-state index in [-0.39, 0.29) is 6.04 Å². The maximum atomic E-state index is 3.89. The Kier molecular flexibility index (Phi) is 5.27. The van der Waals surface area contributed by atoms with E-state index in [0.717, 1.165) is 13.0 Å². The van der Waals surface area contributed by atoms with Crippen molar-refractivity contribution in [3.8, 4) is 0 Å². The van der Waals surface area contributed by atoms with Gasteiger partial charge in [-0.1, -0.05) is 51.1 Å². The summed E-state index contributed by atoms with van der Waals surface area (Å²) in [4.78, 5) is 0. The molecule has 0 aliphatic heterocycles. The van der Waals surface area contributed by atoms with E-state index in [1.807, 2.05) is 6.08 Å². The molecule has 0 saturated heterocycles. The van der Waals surface area contributed by atoms with Gasteiger partial charge in [-0.3, -0.25) is 0 Å². The molecule has 1 N–H and O–H groups in total. The van der Waals surface area contributed by atoms with E-state index in [2.05, 4.69) is 56.9 Å². The number of hydrogen-bond donors (Lipinski definition) is 1. The molecule has 1 nitrogen and oxygen atoms in total. The second-order valence-electron chi connectivity index (χ2n) is 4.49. The largest absolute Gasteiger partial charge is 0.307 e. The van der Waals surface area contributed by atoms with Crippen molar-refractivity contribution in [2.75, 3.05) is 6.54 Å². The third kappa shape index (κ3) is 3.49. The summed E-state index contributed by atoms with van der Waals surface area (Å²) in [5.41, 5.74) is 2.69. The van der Waals surface area contributed by atoms with Gasteiger partial charge in [0.1, 0.15) is 0 Å². The Labute approximate surface area is 99.6 Å². The van der Waals surface area contributed by atoms with Gasteiger partial charge in [0.2, 0.25) is 0 Å². The molecule has 0 aliphatic rings. The molecule has 0 amide bonds. The van der Waals surface area contributed by atoms with Gasteiger partial charge >= 0.3 is 0 Å². The second kappa shape index (κ2) is 6.49. The third-order valence-electron chi connectivity index (χ3n) is 2.81. The molecule has 1 aromatic rings. The normalized spacial score (nSPS) is 12.8. The number of hydrogen-bond acceptors (Lipinski definition) is 1. The van der Waals surface area contributed by atoms with E-state index in [4.69, 9.17) is 0 Å². The van der Waals surface area contributed by atoms with Crippen molar-refractivity contribution in [1.29, 1.82) is 0 Å². The van der Waals surface area contributed by atoms with Crippen LogP contribution in [0.15, 0.2) is 36.9 Å². The smallest absolute Gasteiger partial charge is 0.0503 e. The summed E-state index contributed by atoms with van der Waals surface area (Å²) in [7, 11) is 0. The molecule has 1 heteroatoms. The van der Waals surface area contributed by atoms with Crippen molar-refractivity contribution < 1.29 is 0 Å². The van der Waals surface area contributed by atoms with Crippen molar-refractivity contribution in [2.24, 2.45) is 0 Å². The molecule has 1 unspecified atom stereocenters. The van der Waals surface area contributed by atoms with E-state index >= 15 is 0 Å². The average Bonchev–Trinajstić information content (AvgIpc) is 2.30. The first-order chi connectivity index (χ1) is 7.69. The van der Waals surface area contributed by atoms with Crippen LogP contribution in [-0.2, 0) is 0 Å². The van der Waals surface area contributed by atoms with Gasteiger partial charge in [0, 0.05) is 0 Å². The lowest BCUT2D eigenvalue weighted by molar-refractivity contribution is 0.613. The number of nitrogens with one attached hydrogen (secondary N) is 1. The molecule has 0 radical (unpaired) electrons. The van der Waals surface area contributed by atoms with Gasteiger partial charge in [-0.15, -0.1) is 6.58 Å². The fourth-order valence-corrected chi connectivity index (χ4v) is 1.73. The van der Waals surface area contributed by atoms with Gasteiger partial charge in [-0.05, 0) is 30.0 Å². The van der Waals surface area contributed by atoms with Crippen molar-refractivity contribution in [2.45, 2.75) is 39.2 Å². The van der Waals surface area contributed by atoms with Gasteiger partial charge in [-0.2, -0.15) is 0 Å². The molecular formula is C15H23N. The highest BCUT2D eigenvalue weighted by molar-refractivity contribution is 5.28. The Bertz CT molecular complexity index is 311. The molecule has 0 bridgehead atoms. The van der Waals surface area contributed by atoms with Crippen LogP contribution in [0.25, 0.3) is 0 Å². The summed E-state index contributed by atoms with van der Waals surface area (Å²) in [6.07, 6.45) is 3.12. The van der Waals surface area contributed by atoms with E-state index < -0.39 is 0 Å². The maximum absolute atomic E-state index is 3.89. The third-order valence-corrected chi connectivity index (χ3v) is 2.81. The SMILES string of the molecule is C=CC(NCCC)c1ccc(C(C)C)cc1. The molecule has 1 aromatic carbocycles. The highest BCUT2D eigenvalue weighted by Crippen LogP contribution is 2.19. The Balaban J connectivity index is 2.74. The zero-order chi connectivity index (χ0) is 12.0. The summed E-state index contributed by atoms with van der Waals surface area (Å²) >= 11 is 0. The van der Waals surface area contributed by atoms with Crippen LogP contribution in [0.4, 0.5) is 0 Å². The molecule has 0 heterocycles. The molecule has 0 saturated carbocycles. The molecule has 1 atom stereocenters. The molecule has 0 fully saturated rings. The fraction of sp³-hybridized carbons (Fsp3) is 0.467. The second-order valence-corrected chi connectivity index (χ2v) is 4.49. The van der Waals surface area contributed by atoms with Crippen LogP contribution in [0.5, 0.6) is 0 Å². The van der Waals surface area contributed by atoms with Crippen LogP contribution in [0.3, 0.4) is 0 Å². The van der Waals surface area contributed by atoms with Crippen molar-refractivity contribution in [3.05, 3.63) is 48.0 Å². The summed E-state index contributed by atoms with van der Waals surface area (Å²) in [5, 5.41) is 3.47. The maximum Gasteiger partial charge on any atom is 0.0503 e. The van der Waals surface area contributed by atoms with Crippen LogP contribution in [0.2, 0.25) is 0 Å². The Morgan fingerprint density at radius 1 is 1.19 bits per heavy atom. The Morgan fingerprint density at radius 2 is 1.75 bits per heavy atom. The van der Waals surface area contributed by atoms with E-state index in [1.165, 1.54) is 11.1 Å². The fourth-order valence-electron chi connectivity index (χ4n) is 1.73. The summed E-state index contributed by atoms with van der Waals surface area (Å²) in [6, 6.07) is 9.10. The summed E-state index contributed by atoms with van der Waals surface area (Å²) < 4.78 is 0. The van der Waals surface area contributed by atoms with Crippen LogP contribution >= 0.6 is 0 Å². The first kappa shape index (κ1) is 13.0. The van der Waals surface area contributed by atoms with Crippen molar-refractivity contribution >= 4 is 0 Å². The van der Waals surface area contributed by atoms with Crippen LogP contribution in [0, 0.1) is 0 Å². The number of rotatable bonds is 6. The monoisotopic (exact) mass is 217 g/mol. The van der Waals surface area contributed by atoms with Crippen LogP contribution < -0.4 is 5.32 Å². The zero-order valence-corrected chi connectivity index (χ0v) is 10.7. The minimum Gasteiger partial charge on any atom is -0.307 e. The summed E-state index contributed by atoms with van der Waals surface area (Å²) in [5.74, 6) is 0.597. The highest BCUT2D eigenvalue weighted by Gasteiger charge is 2.06. The van der Waals surface area contributed by atoms with Gasteiger partial charge in [0.05, 0.1) is 6.04 Å². The van der Waals surface area contributed by atoms with Gasteiger partial charge < -0.3 is 5.32 Å². The lowest BCUT2D eigenvalue weighted by Gasteiger charge is -2.15. The minimum atomic E-state index is 0.279. The quantitative estimate of drug-likeness (QED) is 0.709. The summed E-state index contributed by atoms with van der Waals surface area (Å²) in [6.45, 7) is 11.5. The first-order valence-corrected chi connectivity index (χ1v) is 6.14. The van der Waals surface area contributed by atoms with Gasteiger partial charge in [0.15, 0.2) is 0 Å². The lowest BCUT2D eigenvalue weighted by Crippen LogP contribution is -2.20. The number of benzene rings is 1. The molecule has 88 valence electrons. The van der Waals surface area contributed by atoms with Crippen LogP contribution in [-0.4, -0.2) is 6.54 Å². The zero-order valence-electron chi connectivity index (χ0n) is 10.7. The van der Waals surface area contributed by atoms with E-state index in [9.17, 15) is 0 Å². The topological polar surface area (TPSA) is 12.0 Å². The van der Waals surface area contributed by atoms with Crippen molar-refractivity contribution in [3.63, 3.8) is 0 Å². The van der Waals surface area contributed by atoms with Gasteiger partial charge in [0.25, 0.3) is 0 Å². The van der Waals surface area contributed by atoms with E-state index in [1.54, 1.807) is 0 Å². The minimum absolute atomic E-state index is 0.279. The molecule has 0 aliphatic carbocycles. The van der Waals surface area contributed by atoms with Crippen LogP contribution in [0.1, 0.15) is 50.3 Å². The first-order valence-electron chi connectivity index (χ1n) is 6.14. The molecule has 1 rings (SSSR count). The predicted molar refractivity (Wildman–Crippen MR) is 71.8 cm³/mol. The van der Waals surface area contributed by atoms with Gasteiger partial charge in [-0.25, -0.2) is 0 Å². The Hall–Kier alpha value is -1.08. The molecular weight excluding hydrogens is 194 g/mol. The van der Waals surface area contributed by atoms with Crippen molar-refractivity contribution in [1.82, 2.24) is 5.32 Å². The van der Waals surface area contributed by atoms with E-state index in [0.29, 0.717) is 5.92 Å². The lowest BCUT2D eigenvalue weighted by atomic mass is 9.99. The molecule has 16 heavy (non-hydrogen) atoms. The highest BCUT2D eigenvalue weighted by atomic mass is 14.9. The molecule has 0 spiro atoms. The Morgan fingerprint density at radius 3 is 2.19 bits per heavy atom. The average molecular weight is 217 g/mol. The standard InChI is InChI=1S/C15H23N/c1-5-11-16-15(6-2)14-9-7-13(8-10-14)12(3)4/h6-10,12,15-16H,2,5,11H2,1,3-4H3. The predicted octanol–water partition coefficient (Wildman–Crippen LogP) is 4.04. The molecule has 0 aromatic heterocycles.